The van der Waals surface area contributed by atoms with E-state index in [1.54, 1.807) is 21.6 Å². The van der Waals surface area contributed by atoms with Crippen LogP contribution in [0.15, 0.2) is 34.3 Å². The minimum Gasteiger partial charge on any atom is -0.278 e. The number of allylic oxidation sites excluding steroid dienone is 1. The third-order valence-electron chi connectivity index (χ3n) is 1.88. The van der Waals surface area contributed by atoms with Gasteiger partial charge in [0.1, 0.15) is 10.4 Å². The molecule has 14 heavy (non-hydrogen) atoms. The largest absolute Gasteiger partial charge is 0.278 e. The van der Waals surface area contributed by atoms with E-state index < -0.39 is 0 Å². The van der Waals surface area contributed by atoms with Gasteiger partial charge in [-0.3, -0.25) is 9.98 Å². The van der Waals surface area contributed by atoms with E-state index in [2.05, 4.69) is 28.2 Å². The Morgan fingerprint density at radius 2 is 2.36 bits per heavy atom. The summed E-state index contributed by atoms with van der Waals surface area (Å²) in [5.41, 5.74) is 0. The molecule has 0 aromatic carbocycles. The monoisotopic (exact) mass is 224 g/mol. The summed E-state index contributed by atoms with van der Waals surface area (Å²) >= 11 is 0. The van der Waals surface area contributed by atoms with Crippen LogP contribution in [0.3, 0.4) is 0 Å². The van der Waals surface area contributed by atoms with Gasteiger partial charge in [0.2, 0.25) is 0 Å². The summed E-state index contributed by atoms with van der Waals surface area (Å²) in [5, 5.41) is 1.49. The van der Waals surface area contributed by atoms with Crippen molar-refractivity contribution in [2.75, 3.05) is 6.54 Å². The van der Waals surface area contributed by atoms with Crippen LogP contribution in [0.4, 0.5) is 0 Å². The molecule has 2 aliphatic heterocycles. The zero-order valence-electron chi connectivity index (χ0n) is 7.80. The molecular weight excluding hydrogens is 212 g/mol. The van der Waals surface area contributed by atoms with Crippen molar-refractivity contribution in [1.82, 2.24) is 0 Å². The van der Waals surface area contributed by atoms with Gasteiger partial charge in [0.15, 0.2) is 0 Å². The minimum atomic E-state index is 0.364. The van der Waals surface area contributed by atoms with E-state index in [-0.39, 0.29) is 0 Å². The average Bonchev–Trinajstić information content (AvgIpc) is 2.29. The number of hydrogen-bond acceptors (Lipinski definition) is 4. The van der Waals surface area contributed by atoms with Crippen LogP contribution in [0.1, 0.15) is 12.8 Å². The maximum atomic E-state index is 4.42. The van der Waals surface area contributed by atoms with E-state index in [1.807, 2.05) is 12.3 Å². The zero-order chi connectivity index (χ0) is 9.64. The fourth-order valence-electron chi connectivity index (χ4n) is 1.17. The van der Waals surface area contributed by atoms with Crippen molar-refractivity contribution in [1.29, 1.82) is 0 Å². The van der Waals surface area contributed by atoms with Crippen molar-refractivity contribution in [3.05, 3.63) is 24.3 Å². The highest BCUT2D eigenvalue weighted by Crippen LogP contribution is 2.32. The Bertz CT molecular complexity index is 305. The molecule has 4 heteroatoms. The molecular formula is C10H12N2S2. The Hall–Kier alpha value is -0.480. The van der Waals surface area contributed by atoms with Gasteiger partial charge in [-0.15, -0.1) is 0 Å². The molecule has 0 aromatic rings. The molecule has 0 spiro atoms. The van der Waals surface area contributed by atoms with Crippen LogP contribution in [-0.4, -0.2) is 23.2 Å². The van der Waals surface area contributed by atoms with Crippen LogP contribution in [0.25, 0.3) is 0 Å². The molecule has 2 rings (SSSR count). The summed E-state index contributed by atoms with van der Waals surface area (Å²) < 4.78 is 0. The molecule has 0 bridgehead atoms. The van der Waals surface area contributed by atoms with Crippen molar-refractivity contribution >= 4 is 32.8 Å². The number of rotatable bonds is 2. The number of dihydropyridines is 2. The minimum absolute atomic E-state index is 0.364. The maximum absolute atomic E-state index is 4.42. The molecule has 2 heterocycles. The van der Waals surface area contributed by atoms with E-state index in [0.29, 0.717) is 5.37 Å². The predicted molar refractivity (Wildman–Crippen MR) is 67.3 cm³/mol. The molecule has 0 amide bonds. The molecule has 0 saturated heterocycles. The normalized spacial score (nSPS) is 25.1. The molecule has 0 N–H and O–H groups in total. The highest BCUT2D eigenvalue weighted by molar-refractivity contribution is 8.82. The molecule has 74 valence electrons. The summed E-state index contributed by atoms with van der Waals surface area (Å²) in [6.07, 6.45) is 12.4. The summed E-state index contributed by atoms with van der Waals surface area (Å²) in [7, 11) is 3.53. The molecule has 0 aliphatic carbocycles. The second-order valence-corrected chi connectivity index (χ2v) is 5.41. The molecule has 0 saturated carbocycles. The number of nitrogens with zero attached hydrogens (tertiary/aromatic N) is 2. The maximum Gasteiger partial charge on any atom is 0.109 e. The van der Waals surface area contributed by atoms with Crippen molar-refractivity contribution < 1.29 is 0 Å². The quantitative estimate of drug-likeness (QED) is 0.673. The predicted octanol–water partition coefficient (Wildman–Crippen LogP) is 3.08. The summed E-state index contributed by atoms with van der Waals surface area (Å²) in [6.45, 7) is 0.938. The van der Waals surface area contributed by atoms with Crippen LogP contribution in [-0.2, 0) is 0 Å². The van der Waals surface area contributed by atoms with Gasteiger partial charge in [-0.2, -0.15) is 0 Å². The average molecular weight is 224 g/mol. The van der Waals surface area contributed by atoms with E-state index >= 15 is 0 Å². The molecule has 0 radical (unpaired) electrons. The van der Waals surface area contributed by atoms with Gasteiger partial charge >= 0.3 is 0 Å². The van der Waals surface area contributed by atoms with E-state index in [9.17, 15) is 0 Å². The fourth-order valence-corrected chi connectivity index (χ4v) is 3.33. The van der Waals surface area contributed by atoms with Crippen molar-refractivity contribution in [2.24, 2.45) is 9.98 Å². The van der Waals surface area contributed by atoms with Gasteiger partial charge in [-0.05, 0) is 35.8 Å². The Morgan fingerprint density at radius 1 is 1.36 bits per heavy atom. The Balaban J connectivity index is 1.76. The topological polar surface area (TPSA) is 24.7 Å². The number of aliphatic imine (C=N–C) groups is 2. The van der Waals surface area contributed by atoms with Gasteiger partial charge in [0.25, 0.3) is 0 Å². The zero-order valence-corrected chi connectivity index (χ0v) is 9.43. The molecule has 1 unspecified atom stereocenters. The van der Waals surface area contributed by atoms with Gasteiger partial charge in [-0.25, -0.2) is 0 Å². The SMILES string of the molecule is C1=CCC(SSC2=NCCC=C2)N=C1. The number of hydrogen-bond donors (Lipinski definition) is 0. The lowest BCUT2D eigenvalue weighted by atomic mass is 10.3. The lowest BCUT2D eigenvalue weighted by Gasteiger charge is -2.11. The third-order valence-corrected chi connectivity index (χ3v) is 4.42. The molecule has 2 aliphatic rings. The molecule has 2 nitrogen and oxygen atoms in total. The third kappa shape index (κ3) is 3.03. The van der Waals surface area contributed by atoms with Crippen LogP contribution < -0.4 is 0 Å². The van der Waals surface area contributed by atoms with Gasteiger partial charge in [0, 0.05) is 12.8 Å². The van der Waals surface area contributed by atoms with Crippen LogP contribution in [0, 0.1) is 0 Å². The second kappa shape index (κ2) is 5.41. The Labute approximate surface area is 92.1 Å². The molecule has 1 atom stereocenters. The van der Waals surface area contributed by atoms with E-state index in [4.69, 9.17) is 0 Å². The van der Waals surface area contributed by atoms with Crippen LogP contribution in [0.2, 0.25) is 0 Å². The lowest BCUT2D eigenvalue weighted by Crippen LogP contribution is -2.00. The van der Waals surface area contributed by atoms with Crippen molar-refractivity contribution in [2.45, 2.75) is 18.2 Å². The van der Waals surface area contributed by atoms with Crippen LogP contribution >= 0.6 is 21.6 Å². The Kier molecular flexibility index (Phi) is 3.89. The summed E-state index contributed by atoms with van der Waals surface area (Å²) in [4.78, 5) is 8.78. The first-order chi connectivity index (χ1) is 6.95. The van der Waals surface area contributed by atoms with E-state index in [0.717, 1.165) is 24.4 Å². The van der Waals surface area contributed by atoms with E-state index in [1.165, 1.54) is 0 Å². The second-order valence-electron chi connectivity index (χ2n) is 3.01. The van der Waals surface area contributed by atoms with Gasteiger partial charge in [-0.1, -0.05) is 22.9 Å². The first kappa shape index (κ1) is 10.1. The van der Waals surface area contributed by atoms with Gasteiger partial charge in [0.05, 0.1) is 0 Å². The van der Waals surface area contributed by atoms with Crippen molar-refractivity contribution in [3.8, 4) is 0 Å². The molecule has 0 fully saturated rings. The lowest BCUT2D eigenvalue weighted by molar-refractivity contribution is 0.937. The van der Waals surface area contributed by atoms with Gasteiger partial charge < -0.3 is 0 Å². The smallest absolute Gasteiger partial charge is 0.109 e. The summed E-state index contributed by atoms with van der Waals surface area (Å²) in [5.74, 6) is 0. The highest BCUT2D eigenvalue weighted by Gasteiger charge is 2.09. The Morgan fingerprint density at radius 3 is 3.07 bits per heavy atom. The first-order valence-corrected chi connectivity index (χ1v) is 6.89. The highest BCUT2D eigenvalue weighted by atomic mass is 33.1. The fraction of sp³-hybridized carbons (Fsp3) is 0.400. The van der Waals surface area contributed by atoms with Crippen LogP contribution in [0.5, 0.6) is 0 Å². The molecule has 0 aromatic heterocycles. The standard InChI is InChI=1S/C10H12N2S2/c1-3-7-11-9(5-1)13-14-10-6-2-4-8-12-10/h1-3,6-7,9H,4-5,8H2. The first-order valence-electron chi connectivity index (χ1n) is 4.68. The summed E-state index contributed by atoms with van der Waals surface area (Å²) in [6, 6.07) is 0. The van der Waals surface area contributed by atoms with Crippen molar-refractivity contribution in [3.63, 3.8) is 0 Å².